The lowest BCUT2D eigenvalue weighted by Crippen LogP contribution is -1.97. The van der Waals surface area contributed by atoms with Crippen molar-refractivity contribution in [3.63, 3.8) is 0 Å². The van der Waals surface area contributed by atoms with E-state index >= 15 is 0 Å². The van der Waals surface area contributed by atoms with E-state index in [1.54, 1.807) is 0 Å². The molecule has 0 bridgehead atoms. The zero-order valence-corrected chi connectivity index (χ0v) is 31.3. The van der Waals surface area contributed by atoms with Gasteiger partial charge in [-0.05, 0) is 47.5 Å². The van der Waals surface area contributed by atoms with Crippen molar-refractivity contribution in [3.8, 4) is 45.3 Å². The second kappa shape index (κ2) is 12.3. The lowest BCUT2D eigenvalue weighted by Gasteiger charge is -2.09. The molecule has 0 saturated carbocycles. The molecular formula is C48H28N6S2. The molecule has 0 spiro atoms. The first-order valence-electron chi connectivity index (χ1n) is 18.4. The third kappa shape index (κ3) is 4.73. The van der Waals surface area contributed by atoms with Crippen LogP contribution in [0.5, 0.6) is 0 Å². The summed E-state index contributed by atoms with van der Waals surface area (Å²) in [6.07, 6.45) is 7.78. The number of fused-ring (bicyclic) bond motifs is 10. The normalized spacial score (nSPS) is 11.9. The summed E-state index contributed by atoms with van der Waals surface area (Å²) in [5, 5.41) is 7.45. The molecule has 6 aromatic carbocycles. The maximum Gasteiger partial charge on any atom is 0.159 e. The summed E-state index contributed by atoms with van der Waals surface area (Å²) in [7, 11) is 0. The Morgan fingerprint density at radius 1 is 0.357 bits per heavy atom. The van der Waals surface area contributed by atoms with Crippen molar-refractivity contribution in [2.75, 3.05) is 0 Å². The van der Waals surface area contributed by atoms with Crippen molar-refractivity contribution in [2.24, 2.45) is 0 Å². The maximum atomic E-state index is 4.81. The molecule has 6 aromatic heterocycles. The van der Waals surface area contributed by atoms with Gasteiger partial charge in [0.25, 0.3) is 0 Å². The zero-order chi connectivity index (χ0) is 36.7. The second-order valence-corrected chi connectivity index (χ2v) is 16.0. The highest BCUT2D eigenvalue weighted by Gasteiger charge is 2.21. The van der Waals surface area contributed by atoms with Crippen LogP contribution in [0.1, 0.15) is 0 Å². The molecule has 0 amide bonds. The Morgan fingerprint density at radius 3 is 1.18 bits per heavy atom. The summed E-state index contributed by atoms with van der Waals surface area (Å²) >= 11 is 3.62. The molecule has 0 radical (unpaired) electrons. The molecule has 12 rings (SSSR count). The molecule has 0 unspecified atom stereocenters. The van der Waals surface area contributed by atoms with Gasteiger partial charge in [0.1, 0.15) is 9.66 Å². The molecule has 262 valence electrons. The highest BCUT2D eigenvalue weighted by Crippen LogP contribution is 2.46. The molecule has 0 saturated heterocycles. The van der Waals surface area contributed by atoms with Crippen molar-refractivity contribution in [3.05, 3.63) is 170 Å². The van der Waals surface area contributed by atoms with Gasteiger partial charge >= 0.3 is 0 Å². The van der Waals surface area contributed by atoms with Crippen molar-refractivity contribution < 1.29 is 0 Å². The van der Waals surface area contributed by atoms with Gasteiger partial charge in [0, 0.05) is 52.8 Å². The van der Waals surface area contributed by atoms with Crippen LogP contribution in [0.2, 0.25) is 0 Å². The molecule has 0 fully saturated rings. The second-order valence-electron chi connectivity index (χ2n) is 14.0. The number of thiophene rings is 2. The fourth-order valence-electron chi connectivity index (χ4n) is 8.20. The predicted molar refractivity (Wildman–Crippen MR) is 233 cm³/mol. The van der Waals surface area contributed by atoms with Crippen LogP contribution in [0.3, 0.4) is 0 Å². The Hall–Kier alpha value is -7.00. The van der Waals surface area contributed by atoms with E-state index in [9.17, 15) is 0 Å². The average Bonchev–Trinajstić information content (AvgIpc) is 4.00. The molecule has 6 heterocycles. The molecule has 12 aromatic rings. The lowest BCUT2D eigenvalue weighted by molar-refractivity contribution is 1.09. The highest BCUT2D eigenvalue weighted by atomic mass is 32.1. The summed E-state index contributed by atoms with van der Waals surface area (Å²) in [4.78, 5) is 21.6. The molecule has 0 atom stereocenters. The first-order chi connectivity index (χ1) is 27.8. The number of benzene rings is 6. The Bertz CT molecular complexity index is 3220. The minimum atomic E-state index is 0.717. The summed E-state index contributed by atoms with van der Waals surface area (Å²) in [5.74, 6) is 1.43. The maximum absolute atomic E-state index is 4.81. The van der Waals surface area contributed by atoms with Gasteiger partial charge in [-0.1, -0.05) is 109 Å². The fraction of sp³-hybridized carbons (Fsp3) is 0. The fourth-order valence-corrected chi connectivity index (χ4v) is 10.7. The monoisotopic (exact) mass is 752 g/mol. The summed E-state index contributed by atoms with van der Waals surface area (Å²) in [6.45, 7) is 0. The van der Waals surface area contributed by atoms with Gasteiger partial charge in [-0.25, -0.2) is 19.9 Å². The van der Waals surface area contributed by atoms with Gasteiger partial charge in [-0.3, -0.25) is 9.13 Å². The quantitative estimate of drug-likeness (QED) is 0.176. The molecule has 0 N–H and O–H groups in total. The Labute approximate surface area is 328 Å². The zero-order valence-electron chi connectivity index (χ0n) is 29.7. The topological polar surface area (TPSA) is 61.4 Å². The van der Waals surface area contributed by atoms with E-state index in [1.807, 2.05) is 108 Å². The van der Waals surface area contributed by atoms with Gasteiger partial charge in [-0.2, -0.15) is 0 Å². The molecule has 0 aliphatic rings. The van der Waals surface area contributed by atoms with Gasteiger partial charge < -0.3 is 0 Å². The average molecular weight is 753 g/mol. The van der Waals surface area contributed by atoms with E-state index in [4.69, 9.17) is 19.9 Å². The first kappa shape index (κ1) is 31.4. The van der Waals surface area contributed by atoms with Gasteiger partial charge in [0.15, 0.2) is 11.6 Å². The van der Waals surface area contributed by atoms with Crippen LogP contribution in [-0.4, -0.2) is 29.1 Å². The summed E-state index contributed by atoms with van der Waals surface area (Å²) in [6, 6.07) is 51.4. The molecule has 8 heteroatoms. The van der Waals surface area contributed by atoms with Crippen LogP contribution in [0.4, 0.5) is 0 Å². The van der Waals surface area contributed by atoms with Crippen LogP contribution in [0.15, 0.2) is 170 Å². The first-order valence-corrected chi connectivity index (χ1v) is 20.1. The van der Waals surface area contributed by atoms with Gasteiger partial charge in [0.05, 0.1) is 47.2 Å². The predicted octanol–water partition coefficient (Wildman–Crippen LogP) is 12.9. The van der Waals surface area contributed by atoms with Crippen LogP contribution in [-0.2, 0) is 0 Å². The van der Waals surface area contributed by atoms with Crippen LogP contribution in [0.25, 0.3) is 108 Å². The van der Waals surface area contributed by atoms with E-state index in [2.05, 4.69) is 94.1 Å². The lowest BCUT2D eigenvalue weighted by atomic mass is 10.00. The Balaban J connectivity index is 1.04. The van der Waals surface area contributed by atoms with E-state index in [0.717, 1.165) is 33.5 Å². The standard InChI is InChI=1S/C48H28N6S2/c1-3-11-29(12-4-1)45-49-25-33(26-50-45)53-39-21-19-31(23-37(39)43-35-15-7-9-17-41(35)55-47(43)53)32-20-22-40-38(24-32)44-36-16-8-10-18-42(36)56-48(44)54(40)34-27-51-46(52-28-34)30-13-5-2-6-14-30/h1-28H. The molecule has 6 nitrogen and oxygen atoms in total. The number of aromatic nitrogens is 6. The van der Waals surface area contributed by atoms with Crippen molar-refractivity contribution in [1.82, 2.24) is 29.1 Å². The SMILES string of the molecule is c1ccc(-c2ncc(-n3c4ccc(-c5ccc6c(c5)c5c7ccccc7sc5n6-c5cnc(-c6ccccc6)nc5)cc4c4c5ccccc5sc43)cn2)cc1. The minimum Gasteiger partial charge on any atom is -0.298 e. The number of hydrogen-bond acceptors (Lipinski definition) is 6. The number of rotatable bonds is 5. The molecular weight excluding hydrogens is 725 g/mol. The summed E-state index contributed by atoms with van der Waals surface area (Å²) < 4.78 is 7.17. The number of hydrogen-bond donors (Lipinski definition) is 0. The minimum absolute atomic E-state index is 0.717. The molecule has 0 aliphatic heterocycles. The van der Waals surface area contributed by atoms with Crippen LogP contribution >= 0.6 is 22.7 Å². The largest absolute Gasteiger partial charge is 0.298 e. The van der Waals surface area contributed by atoms with E-state index in [-0.39, 0.29) is 0 Å². The molecule has 56 heavy (non-hydrogen) atoms. The van der Waals surface area contributed by atoms with E-state index < -0.39 is 0 Å². The van der Waals surface area contributed by atoms with Gasteiger partial charge in [-0.15, -0.1) is 22.7 Å². The highest BCUT2D eigenvalue weighted by molar-refractivity contribution is 7.26. The van der Waals surface area contributed by atoms with E-state index in [0.29, 0.717) is 11.6 Å². The van der Waals surface area contributed by atoms with Crippen molar-refractivity contribution in [1.29, 1.82) is 0 Å². The number of nitrogens with zero attached hydrogens (tertiary/aromatic N) is 6. The van der Waals surface area contributed by atoms with Crippen LogP contribution < -0.4 is 0 Å². The van der Waals surface area contributed by atoms with Gasteiger partial charge in [0.2, 0.25) is 0 Å². The smallest absolute Gasteiger partial charge is 0.159 e. The van der Waals surface area contributed by atoms with Crippen LogP contribution in [0, 0.1) is 0 Å². The molecule has 0 aliphatic carbocycles. The third-order valence-electron chi connectivity index (χ3n) is 10.8. The summed E-state index contributed by atoms with van der Waals surface area (Å²) in [5.41, 5.74) is 8.49. The van der Waals surface area contributed by atoms with Crippen molar-refractivity contribution in [2.45, 2.75) is 0 Å². The Kier molecular flexibility index (Phi) is 6.87. The van der Waals surface area contributed by atoms with E-state index in [1.165, 1.54) is 62.5 Å². The van der Waals surface area contributed by atoms with Crippen molar-refractivity contribution >= 4 is 85.1 Å². The Morgan fingerprint density at radius 2 is 0.750 bits per heavy atom. The third-order valence-corrected chi connectivity index (χ3v) is 13.1.